The fourth-order valence-corrected chi connectivity index (χ4v) is 2.99. The number of nitrogens with zero attached hydrogens (tertiary/aromatic N) is 3. The topological polar surface area (TPSA) is 73.0 Å². The molecule has 2 heterocycles. The smallest absolute Gasteiger partial charge is 0.292 e. The van der Waals surface area contributed by atoms with Crippen LogP contribution in [-0.4, -0.2) is 21.5 Å². The Labute approximate surface area is 160 Å². The molecule has 26 heavy (non-hydrogen) atoms. The Bertz CT molecular complexity index is 945. The van der Waals surface area contributed by atoms with Gasteiger partial charge in [-0.15, -0.1) is 0 Å². The number of rotatable bonds is 6. The van der Waals surface area contributed by atoms with Crippen LogP contribution in [0.3, 0.4) is 0 Å². The minimum Gasteiger partial charge on any atom is -0.382 e. The van der Waals surface area contributed by atoms with Gasteiger partial charge in [0.15, 0.2) is 0 Å². The van der Waals surface area contributed by atoms with E-state index in [9.17, 15) is 4.79 Å². The van der Waals surface area contributed by atoms with Crippen molar-refractivity contribution in [2.45, 2.75) is 26.7 Å². The molecule has 2 aromatic heterocycles. The molecule has 6 nitrogen and oxygen atoms in total. The van der Waals surface area contributed by atoms with Crippen LogP contribution in [0, 0.1) is 13.8 Å². The van der Waals surface area contributed by atoms with Crippen LogP contribution in [0.25, 0.3) is 5.69 Å². The molecule has 0 spiro atoms. The number of anilines is 1. The second kappa shape index (κ2) is 7.93. The average molecular weight is 393 g/mol. The number of halogens is 2. The van der Waals surface area contributed by atoms with Crippen molar-refractivity contribution in [3.05, 3.63) is 67.9 Å². The van der Waals surface area contributed by atoms with Gasteiger partial charge in [-0.1, -0.05) is 28.4 Å². The van der Waals surface area contributed by atoms with Gasteiger partial charge in [-0.2, -0.15) is 9.78 Å². The van der Waals surface area contributed by atoms with Crippen LogP contribution in [0.4, 0.5) is 5.69 Å². The lowest BCUT2D eigenvalue weighted by atomic mass is 10.1. The molecular weight excluding hydrogens is 375 g/mol. The molecule has 0 saturated heterocycles. The van der Waals surface area contributed by atoms with Crippen molar-refractivity contribution < 1.29 is 4.52 Å². The van der Waals surface area contributed by atoms with Crippen LogP contribution in [0.15, 0.2) is 39.8 Å². The molecule has 1 aromatic carbocycles. The lowest BCUT2D eigenvalue weighted by Gasteiger charge is -2.10. The average Bonchev–Trinajstić information content (AvgIpc) is 2.95. The molecule has 0 unspecified atom stereocenters. The minimum absolute atomic E-state index is 0.104. The zero-order chi connectivity index (χ0) is 18.7. The number of nitrogens with one attached hydrogen (secondary N) is 1. The van der Waals surface area contributed by atoms with Crippen LogP contribution < -0.4 is 10.9 Å². The second-order valence-corrected chi connectivity index (χ2v) is 6.71. The molecule has 1 N–H and O–H groups in total. The standard InChI is InChI=1S/C18H18Cl2N4O2/c1-11-15(12(2)26-23-11)4-3-9-21-16-10-22-24(18(25)17(16)20)14-7-5-13(19)6-8-14/h5-8,10,21H,3-4,9H2,1-2H3. The number of hydrogen-bond donors (Lipinski definition) is 1. The van der Waals surface area contributed by atoms with Crippen molar-refractivity contribution >= 4 is 28.9 Å². The summed E-state index contributed by atoms with van der Waals surface area (Å²) in [5.41, 5.74) is 2.76. The summed E-state index contributed by atoms with van der Waals surface area (Å²) in [5, 5.41) is 12.0. The van der Waals surface area contributed by atoms with E-state index in [0.717, 1.165) is 29.9 Å². The summed E-state index contributed by atoms with van der Waals surface area (Å²) < 4.78 is 6.40. The van der Waals surface area contributed by atoms with E-state index < -0.39 is 0 Å². The lowest BCUT2D eigenvalue weighted by molar-refractivity contribution is 0.392. The monoisotopic (exact) mass is 392 g/mol. The minimum atomic E-state index is -0.385. The first-order valence-electron chi connectivity index (χ1n) is 8.16. The molecule has 0 radical (unpaired) electrons. The Morgan fingerprint density at radius 2 is 1.92 bits per heavy atom. The van der Waals surface area contributed by atoms with Crippen molar-refractivity contribution in [3.8, 4) is 5.69 Å². The first kappa shape index (κ1) is 18.5. The lowest BCUT2D eigenvalue weighted by Crippen LogP contribution is -2.22. The van der Waals surface area contributed by atoms with Crippen molar-refractivity contribution in [2.24, 2.45) is 0 Å². The van der Waals surface area contributed by atoms with Crippen LogP contribution >= 0.6 is 23.2 Å². The Morgan fingerprint density at radius 3 is 2.58 bits per heavy atom. The van der Waals surface area contributed by atoms with Crippen molar-refractivity contribution in [1.82, 2.24) is 14.9 Å². The van der Waals surface area contributed by atoms with Gasteiger partial charge in [0.25, 0.3) is 5.56 Å². The Balaban J connectivity index is 1.67. The fourth-order valence-electron chi connectivity index (χ4n) is 2.67. The van der Waals surface area contributed by atoms with E-state index in [1.807, 2.05) is 13.8 Å². The summed E-state index contributed by atoms with van der Waals surface area (Å²) in [4.78, 5) is 12.5. The summed E-state index contributed by atoms with van der Waals surface area (Å²) in [6, 6.07) is 6.81. The van der Waals surface area contributed by atoms with Gasteiger partial charge >= 0.3 is 0 Å². The van der Waals surface area contributed by atoms with Crippen molar-refractivity contribution in [2.75, 3.05) is 11.9 Å². The molecule has 3 aromatic rings. The summed E-state index contributed by atoms with van der Waals surface area (Å²) in [5.74, 6) is 0.841. The van der Waals surface area contributed by atoms with Crippen molar-refractivity contribution in [3.63, 3.8) is 0 Å². The third kappa shape index (κ3) is 3.92. The van der Waals surface area contributed by atoms with E-state index in [-0.39, 0.29) is 10.6 Å². The van der Waals surface area contributed by atoms with E-state index in [1.165, 1.54) is 4.68 Å². The zero-order valence-corrected chi connectivity index (χ0v) is 15.9. The van der Waals surface area contributed by atoms with Crippen LogP contribution in [0.5, 0.6) is 0 Å². The molecule has 3 rings (SSSR count). The quantitative estimate of drug-likeness (QED) is 0.636. The number of benzene rings is 1. The van der Waals surface area contributed by atoms with Gasteiger partial charge in [-0.25, -0.2) is 0 Å². The molecule has 0 fully saturated rings. The maximum atomic E-state index is 12.5. The highest BCUT2D eigenvalue weighted by Gasteiger charge is 2.11. The molecular formula is C18H18Cl2N4O2. The molecule has 0 bridgehead atoms. The summed E-state index contributed by atoms with van der Waals surface area (Å²) >= 11 is 12.1. The normalized spacial score (nSPS) is 10.9. The summed E-state index contributed by atoms with van der Waals surface area (Å²) in [7, 11) is 0. The molecule has 0 aliphatic rings. The molecule has 0 atom stereocenters. The van der Waals surface area contributed by atoms with E-state index in [4.69, 9.17) is 27.7 Å². The largest absolute Gasteiger partial charge is 0.382 e. The molecule has 0 amide bonds. The van der Waals surface area contributed by atoms with E-state index in [2.05, 4.69) is 15.6 Å². The zero-order valence-electron chi connectivity index (χ0n) is 14.4. The van der Waals surface area contributed by atoms with Gasteiger partial charge in [0.2, 0.25) is 0 Å². The van der Waals surface area contributed by atoms with Gasteiger partial charge in [-0.3, -0.25) is 4.79 Å². The SMILES string of the molecule is Cc1noc(C)c1CCCNc1cnn(-c2ccc(Cl)cc2)c(=O)c1Cl. The van der Waals surface area contributed by atoms with Crippen LogP contribution in [-0.2, 0) is 6.42 Å². The Morgan fingerprint density at radius 1 is 1.19 bits per heavy atom. The Kier molecular flexibility index (Phi) is 5.64. The molecule has 8 heteroatoms. The van der Waals surface area contributed by atoms with Gasteiger partial charge in [0.1, 0.15) is 10.8 Å². The number of hydrogen-bond acceptors (Lipinski definition) is 5. The molecule has 0 aliphatic heterocycles. The third-order valence-corrected chi connectivity index (χ3v) is 4.71. The highest BCUT2D eigenvalue weighted by atomic mass is 35.5. The fraction of sp³-hybridized carbons (Fsp3) is 0.278. The summed E-state index contributed by atoms with van der Waals surface area (Å²) in [6.45, 7) is 4.48. The summed E-state index contributed by atoms with van der Waals surface area (Å²) in [6.07, 6.45) is 3.23. The van der Waals surface area contributed by atoms with Gasteiger partial charge in [0.05, 0.1) is 23.3 Å². The maximum absolute atomic E-state index is 12.5. The third-order valence-electron chi connectivity index (χ3n) is 4.09. The molecule has 0 aliphatic carbocycles. The van der Waals surface area contributed by atoms with Gasteiger partial charge in [0, 0.05) is 17.1 Å². The predicted molar refractivity (Wildman–Crippen MR) is 103 cm³/mol. The second-order valence-electron chi connectivity index (χ2n) is 5.90. The first-order chi connectivity index (χ1) is 12.5. The molecule has 136 valence electrons. The maximum Gasteiger partial charge on any atom is 0.292 e. The highest BCUT2D eigenvalue weighted by molar-refractivity contribution is 6.33. The van der Waals surface area contributed by atoms with E-state index >= 15 is 0 Å². The van der Waals surface area contributed by atoms with E-state index in [1.54, 1.807) is 30.5 Å². The van der Waals surface area contributed by atoms with E-state index in [0.29, 0.717) is 22.9 Å². The highest BCUT2D eigenvalue weighted by Crippen LogP contribution is 2.19. The van der Waals surface area contributed by atoms with Gasteiger partial charge in [-0.05, 0) is 51.0 Å². The van der Waals surface area contributed by atoms with Crippen molar-refractivity contribution in [1.29, 1.82) is 0 Å². The van der Waals surface area contributed by atoms with Gasteiger partial charge < -0.3 is 9.84 Å². The Hall–Kier alpha value is -2.31. The number of aromatic nitrogens is 3. The van der Waals surface area contributed by atoms with Crippen LogP contribution in [0.1, 0.15) is 23.4 Å². The predicted octanol–water partition coefficient (Wildman–Crippen LogP) is 4.19. The van der Waals surface area contributed by atoms with Crippen LogP contribution in [0.2, 0.25) is 10.0 Å². The first-order valence-corrected chi connectivity index (χ1v) is 8.92. The molecule has 0 saturated carbocycles. The number of aryl methyl sites for hydroxylation is 2.